The molecule has 1 aliphatic rings. The fourth-order valence-electron chi connectivity index (χ4n) is 4.49. The fourth-order valence-corrected chi connectivity index (χ4v) is 4.49. The summed E-state index contributed by atoms with van der Waals surface area (Å²) in [6.07, 6.45) is 6.60. The van der Waals surface area contributed by atoms with Crippen LogP contribution < -0.4 is 0 Å². The molecular formula is C27H33N3O. The van der Waals surface area contributed by atoms with Crippen LogP contribution in [0.2, 0.25) is 0 Å². The predicted octanol–water partition coefficient (Wildman–Crippen LogP) is 5.22. The second-order valence-corrected chi connectivity index (χ2v) is 8.40. The van der Waals surface area contributed by atoms with Gasteiger partial charge in [-0.15, -0.1) is 0 Å². The number of unbranched alkanes of at least 4 members (excludes halogenated alkanes) is 1. The third kappa shape index (κ3) is 4.75. The Kier molecular flexibility index (Phi) is 6.88. The molecule has 0 spiro atoms. The average molecular weight is 416 g/mol. The quantitative estimate of drug-likeness (QED) is 0.529. The molecule has 2 aromatic carbocycles. The Hall–Kier alpha value is -2.85. The van der Waals surface area contributed by atoms with Crippen molar-refractivity contribution in [3.8, 4) is 0 Å². The molecule has 0 N–H and O–H groups in total. The van der Waals surface area contributed by atoms with Gasteiger partial charge in [0.1, 0.15) is 5.69 Å². The van der Waals surface area contributed by atoms with Crippen molar-refractivity contribution in [3.63, 3.8) is 0 Å². The monoisotopic (exact) mass is 415 g/mol. The Labute approximate surface area is 185 Å². The molecule has 3 aromatic rings. The normalized spacial score (nSPS) is 15.2. The molecule has 2 heterocycles. The number of hydrogen-bond donors (Lipinski definition) is 0. The van der Waals surface area contributed by atoms with Gasteiger partial charge in [-0.2, -0.15) is 0 Å². The molecule has 0 bridgehead atoms. The number of benzene rings is 2. The third-order valence-corrected chi connectivity index (χ3v) is 6.29. The molecule has 4 rings (SSSR count). The van der Waals surface area contributed by atoms with E-state index in [0.717, 1.165) is 63.4 Å². The van der Waals surface area contributed by atoms with Crippen LogP contribution in [0.3, 0.4) is 0 Å². The Morgan fingerprint density at radius 3 is 2.42 bits per heavy atom. The summed E-state index contributed by atoms with van der Waals surface area (Å²) in [5.41, 5.74) is 4.41. The van der Waals surface area contributed by atoms with E-state index in [2.05, 4.69) is 84.0 Å². The van der Waals surface area contributed by atoms with Crippen molar-refractivity contribution in [2.75, 3.05) is 32.7 Å². The largest absolute Gasteiger partial charge is 0.336 e. The molecule has 4 nitrogen and oxygen atoms in total. The van der Waals surface area contributed by atoms with Crippen molar-refractivity contribution in [2.24, 2.45) is 0 Å². The standard InChI is InChI=1S/C27H33N3O/c1-3-4-17-30-25-15-9-8-14-24(25)22(2)26(30)27(31)29-20-18-28(19-21-29)16-10-13-23-11-6-5-7-12-23/h5-15H,3-4,16-21H2,1-2H3/b13-10+. The second-order valence-electron chi connectivity index (χ2n) is 8.40. The summed E-state index contributed by atoms with van der Waals surface area (Å²) >= 11 is 0. The number of piperazine rings is 1. The number of aryl methyl sites for hydroxylation is 2. The Balaban J connectivity index is 1.43. The summed E-state index contributed by atoms with van der Waals surface area (Å²) in [5, 5.41) is 1.20. The lowest BCUT2D eigenvalue weighted by Gasteiger charge is -2.34. The SMILES string of the molecule is CCCCn1c(C(=O)N2CCN(C/C=C/c3ccccc3)CC2)c(C)c2ccccc21. The van der Waals surface area contributed by atoms with E-state index in [9.17, 15) is 4.79 Å². The number of nitrogens with zero attached hydrogens (tertiary/aromatic N) is 3. The zero-order valence-electron chi connectivity index (χ0n) is 18.8. The summed E-state index contributed by atoms with van der Waals surface area (Å²) in [6, 6.07) is 18.8. The number of para-hydroxylation sites is 1. The van der Waals surface area contributed by atoms with Crippen molar-refractivity contribution < 1.29 is 4.79 Å². The highest BCUT2D eigenvalue weighted by atomic mass is 16.2. The van der Waals surface area contributed by atoms with E-state index < -0.39 is 0 Å². The van der Waals surface area contributed by atoms with Gasteiger partial charge in [-0.1, -0.05) is 74.0 Å². The lowest BCUT2D eigenvalue weighted by molar-refractivity contribution is 0.0639. The molecule has 0 radical (unpaired) electrons. The molecule has 0 saturated carbocycles. The first-order valence-corrected chi connectivity index (χ1v) is 11.5. The Morgan fingerprint density at radius 2 is 1.68 bits per heavy atom. The third-order valence-electron chi connectivity index (χ3n) is 6.29. The lowest BCUT2D eigenvalue weighted by Crippen LogP contribution is -2.49. The summed E-state index contributed by atoms with van der Waals surface area (Å²) in [7, 11) is 0. The minimum Gasteiger partial charge on any atom is -0.336 e. The Morgan fingerprint density at radius 1 is 0.968 bits per heavy atom. The van der Waals surface area contributed by atoms with Crippen molar-refractivity contribution in [1.82, 2.24) is 14.4 Å². The number of hydrogen-bond acceptors (Lipinski definition) is 2. The molecule has 1 aliphatic heterocycles. The molecule has 0 unspecified atom stereocenters. The minimum atomic E-state index is 0.185. The highest BCUT2D eigenvalue weighted by Crippen LogP contribution is 2.27. The van der Waals surface area contributed by atoms with E-state index in [0.29, 0.717) is 0 Å². The molecular weight excluding hydrogens is 382 g/mol. The molecule has 1 amide bonds. The van der Waals surface area contributed by atoms with Gasteiger partial charge in [0.25, 0.3) is 5.91 Å². The van der Waals surface area contributed by atoms with E-state index in [-0.39, 0.29) is 5.91 Å². The van der Waals surface area contributed by atoms with Gasteiger partial charge < -0.3 is 9.47 Å². The highest BCUT2D eigenvalue weighted by molar-refractivity contribution is 6.01. The highest BCUT2D eigenvalue weighted by Gasteiger charge is 2.27. The van der Waals surface area contributed by atoms with Gasteiger partial charge in [0.05, 0.1) is 0 Å². The van der Waals surface area contributed by atoms with Crippen LogP contribution >= 0.6 is 0 Å². The maximum Gasteiger partial charge on any atom is 0.270 e. The Bertz CT molecular complexity index is 1040. The van der Waals surface area contributed by atoms with E-state index in [4.69, 9.17) is 0 Å². The number of rotatable bonds is 7. The van der Waals surface area contributed by atoms with Gasteiger partial charge in [-0.3, -0.25) is 9.69 Å². The van der Waals surface area contributed by atoms with Crippen LogP contribution in [0.15, 0.2) is 60.7 Å². The van der Waals surface area contributed by atoms with Crippen LogP contribution in [-0.2, 0) is 6.54 Å². The van der Waals surface area contributed by atoms with Crippen LogP contribution in [0.25, 0.3) is 17.0 Å². The van der Waals surface area contributed by atoms with Gasteiger partial charge in [0.2, 0.25) is 0 Å². The van der Waals surface area contributed by atoms with E-state index in [1.807, 2.05) is 11.0 Å². The van der Waals surface area contributed by atoms with Crippen LogP contribution in [0.1, 0.15) is 41.4 Å². The smallest absolute Gasteiger partial charge is 0.270 e. The fraction of sp³-hybridized carbons (Fsp3) is 0.370. The zero-order valence-corrected chi connectivity index (χ0v) is 18.8. The number of aromatic nitrogens is 1. The summed E-state index contributed by atoms with van der Waals surface area (Å²) in [5.74, 6) is 0.185. The van der Waals surface area contributed by atoms with Gasteiger partial charge in [0, 0.05) is 50.2 Å². The van der Waals surface area contributed by atoms with Gasteiger partial charge >= 0.3 is 0 Å². The molecule has 31 heavy (non-hydrogen) atoms. The maximum atomic E-state index is 13.6. The number of carbonyl (C=O) groups excluding carboxylic acids is 1. The van der Waals surface area contributed by atoms with E-state index >= 15 is 0 Å². The molecule has 162 valence electrons. The van der Waals surface area contributed by atoms with Crippen LogP contribution in [0, 0.1) is 6.92 Å². The predicted molar refractivity (Wildman–Crippen MR) is 129 cm³/mol. The first-order chi connectivity index (χ1) is 15.2. The first kappa shape index (κ1) is 21.4. The van der Waals surface area contributed by atoms with Gasteiger partial charge in [-0.05, 0) is 30.5 Å². The summed E-state index contributed by atoms with van der Waals surface area (Å²) in [4.78, 5) is 18.0. The van der Waals surface area contributed by atoms with Crippen molar-refractivity contribution in [1.29, 1.82) is 0 Å². The molecule has 1 fully saturated rings. The molecule has 1 aromatic heterocycles. The average Bonchev–Trinajstić information content (AvgIpc) is 3.10. The van der Waals surface area contributed by atoms with Gasteiger partial charge in [-0.25, -0.2) is 0 Å². The minimum absolute atomic E-state index is 0.185. The second kappa shape index (κ2) is 9.97. The zero-order chi connectivity index (χ0) is 21.6. The van der Waals surface area contributed by atoms with Crippen LogP contribution in [-0.4, -0.2) is 53.0 Å². The first-order valence-electron chi connectivity index (χ1n) is 11.5. The van der Waals surface area contributed by atoms with Crippen molar-refractivity contribution >= 4 is 22.9 Å². The molecule has 1 saturated heterocycles. The van der Waals surface area contributed by atoms with Gasteiger partial charge in [0.15, 0.2) is 0 Å². The van der Waals surface area contributed by atoms with Crippen molar-refractivity contribution in [2.45, 2.75) is 33.2 Å². The molecule has 0 atom stereocenters. The summed E-state index contributed by atoms with van der Waals surface area (Å²) < 4.78 is 2.26. The number of amides is 1. The lowest BCUT2D eigenvalue weighted by atomic mass is 10.1. The summed E-state index contributed by atoms with van der Waals surface area (Å²) in [6.45, 7) is 9.52. The van der Waals surface area contributed by atoms with E-state index in [1.54, 1.807) is 0 Å². The molecule has 4 heteroatoms. The van der Waals surface area contributed by atoms with Crippen LogP contribution in [0.4, 0.5) is 0 Å². The van der Waals surface area contributed by atoms with Crippen molar-refractivity contribution in [3.05, 3.63) is 77.5 Å². The van der Waals surface area contributed by atoms with E-state index in [1.165, 1.54) is 16.5 Å². The number of carbonyl (C=O) groups is 1. The van der Waals surface area contributed by atoms with Crippen LogP contribution in [0.5, 0.6) is 0 Å². The number of fused-ring (bicyclic) bond motifs is 1. The topological polar surface area (TPSA) is 28.5 Å². The maximum absolute atomic E-state index is 13.6. The molecule has 0 aliphatic carbocycles.